The molecule has 3 atom stereocenters. The average Bonchev–Trinajstić information content (AvgIpc) is 2.93. The van der Waals surface area contributed by atoms with Gasteiger partial charge in [0.05, 0.1) is 35.5 Å². The number of alkyl halides is 1. The summed E-state index contributed by atoms with van der Waals surface area (Å²) in [5.41, 5.74) is 3.99. The van der Waals surface area contributed by atoms with E-state index in [9.17, 15) is 8.60 Å². The fourth-order valence-corrected chi connectivity index (χ4v) is 6.59. The van der Waals surface area contributed by atoms with Crippen LogP contribution in [-0.2, 0) is 15.5 Å². The van der Waals surface area contributed by atoms with Gasteiger partial charge in [0.1, 0.15) is 11.3 Å². The predicted molar refractivity (Wildman–Crippen MR) is 165 cm³/mol. The summed E-state index contributed by atoms with van der Waals surface area (Å²) in [6.07, 6.45) is 2.34. The van der Waals surface area contributed by atoms with Crippen molar-refractivity contribution < 1.29 is 13.0 Å². The van der Waals surface area contributed by atoms with E-state index in [1.54, 1.807) is 18.3 Å². The monoisotopic (exact) mass is 578 g/mol. The summed E-state index contributed by atoms with van der Waals surface area (Å²) in [6.45, 7) is 7.03. The predicted octanol–water partition coefficient (Wildman–Crippen LogP) is 5.95. The van der Waals surface area contributed by atoms with Gasteiger partial charge in [0.2, 0.25) is 5.95 Å². The van der Waals surface area contributed by atoms with Crippen LogP contribution in [0, 0.1) is 11.2 Å². The molecule has 41 heavy (non-hydrogen) atoms. The zero-order chi connectivity index (χ0) is 29.2. The molecule has 1 unspecified atom stereocenters. The van der Waals surface area contributed by atoms with E-state index in [2.05, 4.69) is 40.1 Å². The topological polar surface area (TPSA) is 91.8 Å². The molecule has 0 spiro atoms. The van der Waals surface area contributed by atoms with E-state index in [4.69, 9.17) is 9.97 Å². The highest BCUT2D eigenvalue weighted by atomic mass is 32.2. The first-order chi connectivity index (χ1) is 19.5. The van der Waals surface area contributed by atoms with Crippen molar-refractivity contribution in [3.63, 3.8) is 0 Å². The molecule has 7 nitrogen and oxygen atoms in total. The van der Waals surface area contributed by atoms with Crippen LogP contribution >= 0.6 is 0 Å². The third kappa shape index (κ3) is 6.82. The molecule has 216 valence electrons. The molecule has 4 aromatic rings. The molecular weight excluding hydrogens is 542 g/mol. The van der Waals surface area contributed by atoms with Crippen molar-refractivity contribution in [3.05, 3.63) is 77.7 Å². The van der Waals surface area contributed by atoms with Crippen LogP contribution in [0.2, 0.25) is 0 Å². The van der Waals surface area contributed by atoms with Gasteiger partial charge in [0.25, 0.3) is 0 Å². The van der Waals surface area contributed by atoms with E-state index in [0.29, 0.717) is 42.2 Å². The Morgan fingerprint density at radius 2 is 1.95 bits per heavy atom. The maximum atomic E-state index is 15.2. The minimum atomic E-state index is -2.81. The number of anilines is 2. The molecule has 0 aliphatic carbocycles. The molecule has 0 amide bonds. The van der Waals surface area contributed by atoms with Crippen LogP contribution in [0.3, 0.4) is 0 Å². The lowest BCUT2D eigenvalue weighted by Gasteiger charge is -2.37. The summed E-state index contributed by atoms with van der Waals surface area (Å²) in [7, 11) is -2.81. The van der Waals surface area contributed by atoms with Crippen molar-refractivity contribution in [2.45, 2.75) is 44.9 Å². The van der Waals surface area contributed by atoms with Gasteiger partial charge in [-0.15, -0.1) is 0 Å². The molecule has 0 saturated carbocycles. The van der Waals surface area contributed by atoms with Crippen LogP contribution in [0.4, 0.5) is 20.4 Å². The van der Waals surface area contributed by atoms with Crippen molar-refractivity contribution in [1.82, 2.24) is 20.3 Å². The Kier molecular flexibility index (Phi) is 8.24. The van der Waals surface area contributed by atoms with E-state index in [0.717, 1.165) is 16.6 Å². The Balaban J connectivity index is 1.39. The molecule has 5 rings (SSSR count). The molecule has 2 aromatic heterocycles. The third-order valence-electron chi connectivity index (χ3n) is 7.34. The summed E-state index contributed by atoms with van der Waals surface area (Å²) in [5.74, 6) is 4.03. The van der Waals surface area contributed by atoms with Gasteiger partial charge in [-0.25, -0.2) is 23.6 Å². The molecule has 2 aromatic carbocycles. The van der Waals surface area contributed by atoms with Crippen molar-refractivity contribution >= 4 is 38.2 Å². The lowest BCUT2D eigenvalue weighted by molar-refractivity contribution is 0.168. The number of nitrogens with one attached hydrogen (secondary N) is 3. The third-order valence-corrected chi connectivity index (χ3v) is 8.73. The standard InChI is InChI=1S/C31H36F2N6OS/c1-20(2)24-13-27(22-10-11-26(25(33)12-22)39-41(4,40)17-21-8-6-5-7-9-21)37-28-16-35-30(38-29(24)28)36-23-14-31(3,18-32)19-34-15-23/h5-13,16,20,23,34H,4,14-15,17-19H2,1-3H3,(H,39,40)(H,35,36,38)/t23-,31-,41?/m0/s1. The van der Waals surface area contributed by atoms with E-state index < -0.39 is 20.9 Å². The largest absolute Gasteiger partial charge is 0.350 e. The van der Waals surface area contributed by atoms with Gasteiger partial charge >= 0.3 is 0 Å². The summed E-state index contributed by atoms with van der Waals surface area (Å²) < 4.78 is 44.6. The number of halogens is 2. The number of nitrogens with zero attached hydrogens (tertiary/aromatic N) is 3. The highest BCUT2D eigenvalue weighted by Crippen LogP contribution is 2.32. The maximum absolute atomic E-state index is 15.2. The SMILES string of the molecule is C=S(=O)(Cc1ccccc1)Nc1ccc(-c2cc(C(C)C)c3nc(N[C@@H]4CNC[C@](C)(CF)C4)ncc3n2)cc1F. The second-order valence-electron chi connectivity index (χ2n) is 11.5. The molecular formula is C31H36F2N6OS. The summed E-state index contributed by atoms with van der Waals surface area (Å²) >= 11 is 0. The minimum absolute atomic E-state index is 0.00693. The molecule has 0 bridgehead atoms. The molecule has 3 heterocycles. The molecule has 1 aliphatic heterocycles. The van der Waals surface area contributed by atoms with Crippen LogP contribution < -0.4 is 15.4 Å². The summed E-state index contributed by atoms with van der Waals surface area (Å²) in [5, 5.41) is 6.65. The molecule has 1 saturated heterocycles. The zero-order valence-corrected chi connectivity index (χ0v) is 24.4. The Hall–Kier alpha value is -3.63. The molecule has 3 N–H and O–H groups in total. The van der Waals surface area contributed by atoms with Gasteiger partial charge in [-0.3, -0.25) is 4.39 Å². The van der Waals surface area contributed by atoms with Crippen molar-refractivity contribution in [2.24, 2.45) is 5.41 Å². The first kappa shape index (κ1) is 28.9. The number of hydrogen-bond acceptors (Lipinski definition) is 6. The number of pyridine rings is 1. The Labute approximate surface area is 240 Å². The van der Waals surface area contributed by atoms with Gasteiger partial charge in [-0.1, -0.05) is 57.2 Å². The minimum Gasteiger partial charge on any atom is -0.350 e. The fraction of sp³-hybridized carbons (Fsp3) is 0.355. The van der Waals surface area contributed by atoms with Crippen LogP contribution in [0.25, 0.3) is 22.3 Å². The molecule has 1 aliphatic rings. The summed E-state index contributed by atoms with van der Waals surface area (Å²) in [4.78, 5) is 14.0. The normalized spacial score (nSPS) is 20.6. The lowest BCUT2D eigenvalue weighted by atomic mass is 9.82. The quantitative estimate of drug-likeness (QED) is 0.213. The van der Waals surface area contributed by atoms with E-state index >= 15 is 4.39 Å². The van der Waals surface area contributed by atoms with Gasteiger partial charge in [-0.2, -0.15) is 0 Å². The first-order valence-corrected chi connectivity index (χ1v) is 15.6. The number of hydrogen-bond donors (Lipinski definition) is 3. The molecule has 10 heteroatoms. The Bertz CT molecular complexity index is 1650. The Morgan fingerprint density at radius 3 is 2.66 bits per heavy atom. The van der Waals surface area contributed by atoms with Gasteiger partial charge in [0.15, 0.2) is 0 Å². The smallest absolute Gasteiger partial charge is 0.223 e. The molecule has 0 radical (unpaired) electrons. The lowest BCUT2D eigenvalue weighted by Crippen LogP contribution is -2.49. The highest BCUT2D eigenvalue weighted by molar-refractivity contribution is 8.00. The number of rotatable bonds is 9. The first-order valence-electron chi connectivity index (χ1n) is 13.7. The van der Waals surface area contributed by atoms with Gasteiger partial charge < -0.3 is 15.4 Å². The van der Waals surface area contributed by atoms with Crippen molar-refractivity contribution in [2.75, 3.05) is 29.8 Å². The summed E-state index contributed by atoms with van der Waals surface area (Å²) in [6, 6.07) is 16.0. The number of fused-ring (bicyclic) bond motifs is 1. The van der Waals surface area contributed by atoms with Crippen molar-refractivity contribution in [3.8, 4) is 11.3 Å². The highest BCUT2D eigenvalue weighted by Gasteiger charge is 2.32. The van der Waals surface area contributed by atoms with Crippen LogP contribution in [0.15, 0.2) is 60.8 Å². The van der Waals surface area contributed by atoms with E-state index in [1.807, 2.05) is 43.3 Å². The van der Waals surface area contributed by atoms with E-state index in [1.165, 1.54) is 6.07 Å². The second-order valence-corrected chi connectivity index (χ2v) is 13.7. The fourth-order valence-electron chi connectivity index (χ4n) is 5.22. The van der Waals surface area contributed by atoms with E-state index in [-0.39, 0.29) is 30.1 Å². The maximum Gasteiger partial charge on any atom is 0.223 e. The van der Waals surface area contributed by atoms with Crippen LogP contribution in [-0.4, -0.2) is 50.8 Å². The average molecular weight is 579 g/mol. The number of piperidine rings is 1. The second kappa shape index (κ2) is 11.7. The van der Waals surface area contributed by atoms with Crippen molar-refractivity contribution in [1.29, 1.82) is 0 Å². The van der Waals surface area contributed by atoms with Crippen LogP contribution in [0.1, 0.15) is 44.2 Å². The van der Waals surface area contributed by atoms with Gasteiger partial charge in [-0.05, 0) is 47.5 Å². The number of aromatic nitrogens is 3. The number of benzene rings is 2. The Morgan fingerprint density at radius 1 is 1.17 bits per heavy atom. The zero-order valence-electron chi connectivity index (χ0n) is 23.6. The molecule has 1 fully saturated rings. The van der Waals surface area contributed by atoms with Crippen LogP contribution in [0.5, 0.6) is 0 Å². The van der Waals surface area contributed by atoms with Gasteiger partial charge in [0, 0.05) is 39.8 Å².